The molecule has 0 aromatic carbocycles. The summed E-state index contributed by atoms with van der Waals surface area (Å²) in [5.41, 5.74) is 0.291. The summed E-state index contributed by atoms with van der Waals surface area (Å²) in [6.07, 6.45) is -4.83. The third kappa shape index (κ3) is 4.93. The van der Waals surface area contributed by atoms with Gasteiger partial charge in [0.25, 0.3) is 0 Å². The van der Waals surface area contributed by atoms with E-state index >= 15 is 0 Å². The van der Waals surface area contributed by atoms with E-state index in [4.69, 9.17) is 10.2 Å². The maximum atomic E-state index is 9.74. The normalized spacial score (nSPS) is 18.8. The van der Waals surface area contributed by atoms with Gasteiger partial charge in [-0.2, -0.15) is 0 Å². The van der Waals surface area contributed by atoms with Gasteiger partial charge in [0.15, 0.2) is 0 Å². The first-order valence-corrected chi connectivity index (χ1v) is 6.33. The molecule has 0 fully saturated rings. The van der Waals surface area contributed by atoms with Crippen LogP contribution in [0.2, 0.25) is 0 Å². The second-order valence-electron chi connectivity index (χ2n) is 4.64. The molecule has 1 rings (SSSR count). The molecule has 1 aromatic heterocycles. The van der Waals surface area contributed by atoms with Crippen molar-refractivity contribution >= 4 is 0 Å². The van der Waals surface area contributed by atoms with E-state index in [1.807, 2.05) is 0 Å². The molecule has 9 nitrogen and oxygen atoms in total. The largest absolute Gasteiger partial charge is 0.394 e. The van der Waals surface area contributed by atoms with Crippen LogP contribution in [0.15, 0.2) is 12.4 Å². The number of nitrogens with zero attached hydrogens (tertiary/aromatic N) is 2. The Balaban J connectivity index is 2.69. The zero-order valence-corrected chi connectivity index (χ0v) is 11.2. The predicted octanol–water partition coefficient (Wildman–Crippen LogP) is -3.52. The molecule has 0 saturated carbocycles. The summed E-state index contributed by atoms with van der Waals surface area (Å²) >= 11 is 0. The molecular weight excluding hydrogens is 284 g/mol. The summed E-state index contributed by atoms with van der Waals surface area (Å²) < 4.78 is 0. The fourth-order valence-electron chi connectivity index (χ4n) is 1.59. The molecule has 5 atom stereocenters. The molecule has 0 aliphatic rings. The van der Waals surface area contributed by atoms with E-state index in [9.17, 15) is 25.5 Å². The second-order valence-corrected chi connectivity index (χ2v) is 4.64. The van der Waals surface area contributed by atoms with Gasteiger partial charge in [-0.15, -0.1) is 0 Å². The van der Waals surface area contributed by atoms with Crippen LogP contribution in [-0.2, 0) is 6.42 Å². The molecule has 9 heteroatoms. The first-order chi connectivity index (χ1) is 9.90. The maximum Gasteiger partial charge on any atom is 0.126 e. The Labute approximate surface area is 120 Å². The summed E-state index contributed by atoms with van der Waals surface area (Å²) in [5.74, 6) is 0. The van der Waals surface area contributed by atoms with Gasteiger partial charge in [-0.1, -0.05) is 0 Å². The first kappa shape index (κ1) is 17.9. The number of aliphatic hydroxyl groups excluding tert-OH is 7. The van der Waals surface area contributed by atoms with Crippen molar-refractivity contribution in [3.05, 3.63) is 23.8 Å². The lowest BCUT2D eigenvalue weighted by Gasteiger charge is -2.21. The second kappa shape index (κ2) is 8.29. The van der Waals surface area contributed by atoms with Crippen LogP contribution in [0.25, 0.3) is 0 Å². The van der Waals surface area contributed by atoms with E-state index in [2.05, 4.69) is 9.97 Å². The van der Waals surface area contributed by atoms with Gasteiger partial charge < -0.3 is 35.7 Å². The maximum absolute atomic E-state index is 9.74. The van der Waals surface area contributed by atoms with E-state index in [0.717, 1.165) is 6.20 Å². The van der Waals surface area contributed by atoms with Gasteiger partial charge in [-0.3, -0.25) is 9.97 Å². The molecule has 120 valence electrons. The standard InChI is InChI=1S/C12H20N2O7/c15-4-9(18)8(17)1-6-2-14-7(3-13-6)11(20)12(21)10(19)5-16/h2-3,8-12,15-21H,1,4-5H2. The van der Waals surface area contributed by atoms with Crippen molar-refractivity contribution in [2.75, 3.05) is 13.2 Å². The van der Waals surface area contributed by atoms with E-state index in [1.54, 1.807) is 0 Å². The molecule has 0 spiro atoms. The Bertz CT molecular complexity index is 417. The zero-order chi connectivity index (χ0) is 16.0. The molecular formula is C12H20N2O7. The highest BCUT2D eigenvalue weighted by Gasteiger charge is 2.26. The Morgan fingerprint density at radius 2 is 1.43 bits per heavy atom. The molecule has 1 heterocycles. The lowest BCUT2D eigenvalue weighted by atomic mass is 10.1. The highest BCUT2D eigenvalue weighted by molar-refractivity contribution is 5.08. The average Bonchev–Trinajstić information content (AvgIpc) is 2.52. The summed E-state index contributed by atoms with van der Waals surface area (Å²) in [5, 5.41) is 64.6. The summed E-state index contributed by atoms with van der Waals surface area (Å²) in [6.45, 7) is -1.30. The van der Waals surface area contributed by atoms with E-state index < -0.39 is 43.7 Å². The minimum absolute atomic E-state index is 0.0176. The smallest absolute Gasteiger partial charge is 0.126 e. The van der Waals surface area contributed by atoms with E-state index in [1.165, 1.54) is 6.20 Å². The third-order valence-corrected chi connectivity index (χ3v) is 2.98. The van der Waals surface area contributed by atoms with Gasteiger partial charge in [-0.25, -0.2) is 0 Å². The van der Waals surface area contributed by atoms with Crippen LogP contribution in [-0.4, -0.2) is 83.3 Å². The molecule has 5 unspecified atom stereocenters. The number of aliphatic hydroxyl groups is 7. The SMILES string of the molecule is OCC(O)C(O)Cc1cnc(C(O)C(O)C(O)CO)cn1. The Hall–Kier alpha value is -1.20. The van der Waals surface area contributed by atoms with Gasteiger partial charge in [-0.05, 0) is 0 Å². The van der Waals surface area contributed by atoms with Crippen molar-refractivity contribution in [1.82, 2.24) is 9.97 Å². The van der Waals surface area contributed by atoms with Gasteiger partial charge in [0.05, 0.1) is 36.9 Å². The molecule has 1 aromatic rings. The van der Waals surface area contributed by atoms with E-state index in [-0.39, 0.29) is 12.1 Å². The third-order valence-electron chi connectivity index (χ3n) is 2.98. The van der Waals surface area contributed by atoms with Gasteiger partial charge in [0.1, 0.15) is 24.4 Å². The van der Waals surface area contributed by atoms with Crippen molar-refractivity contribution in [2.45, 2.75) is 36.9 Å². The molecule has 7 N–H and O–H groups in total. The van der Waals surface area contributed by atoms with Gasteiger partial charge in [0.2, 0.25) is 0 Å². The van der Waals surface area contributed by atoms with Crippen LogP contribution in [0.1, 0.15) is 17.5 Å². The molecule has 0 saturated heterocycles. The van der Waals surface area contributed by atoms with Crippen molar-refractivity contribution in [2.24, 2.45) is 0 Å². The minimum Gasteiger partial charge on any atom is -0.394 e. The molecule has 0 bridgehead atoms. The summed E-state index contributed by atoms with van der Waals surface area (Å²) in [6, 6.07) is 0. The van der Waals surface area contributed by atoms with Crippen LogP contribution in [0.4, 0.5) is 0 Å². The van der Waals surface area contributed by atoms with Crippen molar-refractivity contribution < 1.29 is 35.7 Å². The van der Waals surface area contributed by atoms with Crippen molar-refractivity contribution in [3.63, 3.8) is 0 Å². The predicted molar refractivity (Wildman–Crippen MR) is 68.9 cm³/mol. The van der Waals surface area contributed by atoms with Crippen molar-refractivity contribution in [3.8, 4) is 0 Å². The number of hydrogen-bond donors (Lipinski definition) is 7. The number of rotatable bonds is 8. The molecule has 0 radical (unpaired) electrons. The first-order valence-electron chi connectivity index (χ1n) is 6.33. The van der Waals surface area contributed by atoms with Crippen LogP contribution in [0.5, 0.6) is 0 Å². The van der Waals surface area contributed by atoms with Gasteiger partial charge in [0, 0.05) is 12.6 Å². The molecule has 21 heavy (non-hydrogen) atoms. The zero-order valence-electron chi connectivity index (χ0n) is 11.2. The summed E-state index contributed by atoms with van der Waals surface area (Å²) in [4.78, 5) is 7.73. The fourth-order valence-corrected chi connectivity index (χ4v) is 1.59. The highest BCUT2D eigenvalue weighted by atomic mass is 16.4. The average molecular weight is 304 g/mol. The van der Waals surface area contributed by atoms with Crippen molar-refractivity contribution in [1.29, 1.82) is 0 Å². The van der Waals surface area contributed by atoms with E-state index in [0.29, 0.717) is 5.69 Å². The minimum atomic E-state index is -1.61. The topological polar surface area (TPSA) is 167 Å². The van der Waals surface area contributed by atoms with Crippen LogP contribution in [0.3, 0.4) is 0 Å². The highest BCUT2D eigenvalue weighted by Crippen LogP contribution is 2.16. The Morgan fingerprint density at radius 3 is 1.90 bits per heavy atom. The summed E-state index contributed by atoms with van der Waals surface area (Å²) in [7, 11) is 0. The lowest BCUT2D eigenvalue weighted by molar-refractivity contribution is -0.0790. The number of hydrogen-bond acceptors (Lipinski definition) is 9. The van der Waals surface area contributed by atoms with Crippen LogP contribution in [0, 0.1) is 0 Å². The Kier molecular flexibility index (Phi) is 7.05. The van der Waals surface area contributed by atoms with Gasteiger partial charge >= 0.3 is 0 Å². The molecule has 0 amide bonds. The Morgan fingerprint density at radius 1 is 0.810 bits per heavy atom. The monoisotopic (exact) mass is 304 g/mol. The van der Waals surface area contributed by atoms with Crippen LogP contribution < -0.4 is 0 Å². The quantitative estimate of drug-likeness (QED) is 0.257. The number of aromatic nitrogens is 2. The molecule has 0 aliphatic heterocycles. The molecule has 0 aliphatic carbocycles. The lowest BCUT2D eigenvalue weighted by Crippen LogP contribution is -2.35. The fraction of sp³-hybridized carbons (Fsp3) is 0.667. The van der Waals surface area contributed by atoms with Crippen LogP contribution >= 0.6 is 0 Å².